The van der Waals surface area contributed by atoms with Gasteiger partial charge < -0.3 is 20.7 Å². The maximum Gasteiger partial charge on any atom is 0.271 e. The molecule has 0 radical (unpaired) electrons. The van der Waals surface area contributed by atoms with E-state index in [1.165, 1.54) is 11.9 Å². The van der Waals surface area contributed by atoms with E-state index in [0.29, 0.717) is 35.4 Å². The third kappa shape index (κ3) is 5.35. The van der Waals surface area contributed by atoms with Crippen LogP contribution in [0.4, 0.5) is 17.2 Å². The Morgan fingerprint density at radius 3 is 2.58 bits per heavy atom. The average Bonchev–Trinajstić information content (AvgIpc) is 3.80. The molecular weight excluding hydrogens is 458 g/mol. The van der Waals surface area contributed by atoms with E-state index in [1.807, 2.05) is 20.0 Å². The maximum atomic E-state index is 13.1. The van der Waals surface area contributed by atoms with Crippen LogP contribution in [0.1, 0.15) is 67.3 Å². The second-order valence-electron chi connectivity index (χ2n) is 9.80. The summed E-state index contributed by atoms with van der Waals surface area (Å²) in [5.74, 6) is 0.813. The number of anilines is 3. The Morgan fingerprint density at radius 1 is 1.17 bits per heavy atom. The zero-order valence-electron chi connectivity index (χ0n) is 21.0. The van der Waals surface area contributed by atoms with Gasteiger partial charge in [0.05, 0.1) is 53.2 Å². The summed E-state index contributed by atoms with van der Waals surface area (Å²) in [6, 6.07) is 0. The van der Waals surface area contributed by atoms with E-state index < -0.39 is 5.60 Å². The van der Waals surface area contributed by atoms with Crippen LogP contribution in [0.2, 0.25) is 0 Å². The van der Waals surface area contributed by atoms with Crippen molar-refractivity contribution >= 4 is 28.8 Å². The number of methoxy groups -OCH3 is 1. The van der Waals surface area contributed by atoms with Crippen LogP contribution < -0.4 is 16.0 Å². The van der Waals surface area contributed by atoms with Gasteiger partial charge in [-0.1, -0.05) is 0 Å². The molecule has 2 fully saturated rings. The van der Waals surface area contributed by atoms with E-state index >= 15 is 0 Å². The van der Waals surface area contributed by atoms with Crippen molar-refractivity contribution in [3.8, 4) is 0 Å². The molecule has 2 aliphatic carbocycles. The van der Waals surface area contributed by atoms with Crippen LogP contribution >= 0.6 is 0 Å². The summed E-state index contributed by atoms with van der Waals surface area (Å²) in [4.78, 5) is 31.0. The van der Waals surface area contributed by atoms with Crippen LogP contribution in [0, 0.1) is 0 Å². The first-order valence-corrected chi connectivity index (χ1v) is 12.1. The lowest BCUT2D eigenvalue weighted by molar-refractivity contribution is 0.0228. The van der Waals surface area contributed by atoms with Crippen LogP contribution in [0.15, 0.2) is 36.7 Å². The Hall–Kier alpha value is -3.86. The lowest BCUT2D eigenvalue weighted by Gasteiger charge is -2.23. The maximum absolute atomic E-state index is 13.1. The molecule has 1 amide bonds. The number of rotatable bonds is 10. The topological polar surface area (TPSA) is 132 Å². The van der Waals surface area contributed by atoms with Gasteiger partial charge in [-0.25, -0.2) is 19.9 Å². The molecule has 11 nitrogen and oxygen atoms in total. The largest absolute Gasteiger partial charge is 0.377 e. The standard InChI is InChI=1S/C25H31N9O2/c1-25(2,36-4)13-29-24(35)22-19(12-30-34(22)3)33-20(16-7-8-16)21-23(31-17-9-26-14-27-10-17)28-11-18(32-21)15-5-6-15/h9-12,14-15,33H,5-8,13H2,1-4H3,(H,28,31)(H,29,35). The summed E-state index contributed by atoms with van der Waals surface area (Å²) in [5.41, 5.74) is 5.03. The summed E-state index contributed by atoms with van der Waals surface area (Å²) < 4.78 is 7.00. The molecular formula is C25H31N9O2. The number of nitrogens with zero attached hydrogens (tertiary/aromatic N) is 6. The Kier molecular flexibility index (Phi) is 6.40. The Labute approximate surface area is 209 Å². The third-order valence-corrected chi connectivity index (χ3v) is 6.34. The minimum Gasteiger partial charge on any atom is -0.377 e. The molecule has 3 aromatic heterocycles. The quantitative estimate of drug-likeness (QED) is 0.392. The highest BCUT2D eigenvalue weighted by molar-refractivity contribution is 6.00. The van der Waals surface area contributed by atoms with E-state index in [2.05, 4.69) is 31.0 Å². The van der Waals surface area contributed by atoms with Crippen LogP contribution in [-0.2, 0) is 11.8 Å². The molecule has 3 heterocycles. The lowest BCUT2D eigenvalue weighted by atomic mass is 10.1. The van der Waals surface area contributed by atoms with Crippen molar-refractivity contribution in [2.75, 3.05) is 24.3 Å². The Morgan fingerprint density at radius 2 is 1.92 bits per heavy atom. The van der Waals surface area contributed by atoms with Gasteiger partial charge in [-0.05, 0) is 45.1 Å². The fraction of sp³-hybridized carbons (Fsp3) is 0.440. The molecule has 2 saturated carbocycles. The number of hydrogen-bond acceptors (Lipinski definition) is 9. The van der Waals surface area contributed by atoms with Crippen LogP contribution in [0.25, 0.3) is 5.70 Å². The SMILES string of the molecule is COC(C)(C)CNC(=O)c1c(NC(=C2CC2)c2nc(C3CC3)cnc2Nc2cncnc2)cnn1C. The fourth-order valence-corrected chi connectivity index (χ4v) is 3.75. The minimum atomic E-state index is -0.483. The van der Waals surface area contributed by atoms with Gasteiger partial charge in [0, 0.05) is 26.6 Å². The summed E-state index contributed by atoms with van der Waals surface area (Å²) in [6.45, 7) is 4.20. The second-order valence-corrected chi connectivity index (χ2v) is 9.80. The molecule has 2 aliphatic rings. The van der Waals surface area contributed by atoms with Gasteiger partial charge in [-0.15, -0.1) is 0 Å². The number of carbonyl (C=O) groups excluding carboxylic acids is 1. The highest BCUT2D eigenvalue weighted by atomic mass is 16.5. The van der Waals surface area contributed by atoms with Crippen molar-refractivity contribution in [2.45, 2.75) is 51.0 Å². The molecule has 0 unspecified atom stereocenters. The number of hydrogen-bond donors (Lipinski definition) is 3. The third-order valence-electron chi connectivity index (χ3n) is 6.34. The van der Waals surface area contributed by atoms with E-state index in [4.69, 9.17) is 14.7 Å². The van der Waals surface area contributed by atoms with Gasteiger partial charge >= 0.3 is 0 Å². The Bertz CT molecular complexity index is 1290. The number of carbonyl (C=O) groups is 1. The molecule has 0 spiro atoms. The zero-order valence-corrected chi connectivity index (χ0v) is 21.0. The lowest BCUT2D eigenvalue weighted by Crippen LogP contribution is -2.40. The smallest absolute Gasteiger partial charge is 0.271 e. The first-order valence-electron chi connectivity index (χ1n) is 12.1. The van der Waals surface area contributed by atoms with Crippen molar-refractivity contribution in [3.05, 3.63) is 53.8 Å². The summed E-state index contributed by atoms with van der Waals surface area (Å²) in [6.07, 6.45) is 12.5. The van der Waals surface area contributed by atoms with Gasteiger partial charge in [0.15, 0.2) is 5.82 Å². The number of nitrogens with one attached hydrogen (secondary N) is 3. The van der Waals surface area contributed by atoms with E-state index in [1.54, 1.807) is 37.4 Å². The fourth-order valence-electron chi connectivity index (χ4n) is 3.75. The molecule has 3 N–H and O–H groups in total. The molecule has 0 aliphatic heterocycles. The molecule has 0 bridgehead atoms. The summed E-state index contributed by atoms with van der Waals surface area (Å²) in [5, 5.41) is 14.1. The van der Waals surface area contributed by atoms with E-state index in [9.17, 15) is 4.79 Å². The van der Waals surface area contributed by atoms with Gasteiger partial charge in [-0.2, -0.15) is 5.10 Å². The van der Waals surface area contributed by atoms with Gasteiger partial charge in [-0.3, -0.25) is 9.48 Å². The zero-order chi connectivity index (χ0) is 25.3. The predicted octanol–water partition coefficient (Wildman–Crippen LogP) is 3.39. The van der Waals surface area contributed by atoms with Crippen LogP contribution in [0.5, 0.6) is 0 Å². The van der Waals surface area contributed by atoms with Crippen molar-refractivity contribution in [2.24, 2.45) is 7.05 Å². The average molecular weight is 490 g/mol. The number of ether oxygens (including phenoxy) is 1. The molecule has 188 valence electrons. The normalized spacial score (nSPS) is 14.9. The minimum absolute atomic E-state index is 0.236. The number of aryl methyl sites for hydroxylation is 1. The number of amides is 1. The molecule has 0 aromatic carbocycles. The molecule has 36 heavy (non-hydrogen) atoms. The molecule has 11 heteroatoms. The van der Waals surface area contributed by atoms with Crippen molar-refractivity contribution < 1.29 is 9.53 Å². The highest BCUT2D eigenvalue weighted by Crippen LogP contribution is 2.42. The summed E-state index contributed by atoms with van der Waals surface area (Å²) in [7, 11) is 3.38. The first kappa shape index (κ1) is 23.9. The molecule has 0 saturated heterocycles. The van der Waals surface area contributed by atoms with Crippen molar-refractivity contribution in [3.63, 3.8) is 0 Å². The monoisotopic (exact) mass is 489 g/mol. The summed E-state index contributed by atoms with van der Waals surface area (Å²) >= 11 is 0. The molecule has 3 aromatic rings. The van der Waals surface area contributed by atoms with Gasteiger partial charge in [0.2, 0.25) is 0 Å². The highest BCUT2D eigenvalue weighted by Gasteiger charge is 2.30. The Balaban J connectivity index is 1.47. The number of allylic oxidation sites excluding steroid dienone is 1. The van der Waals surface area contributed by atoms with E-state index in [-0.39, 0.29) is 5.91 Å². The van der Waals surface area contributed by atoms with Crippen molar-refractivity contribution in [1.82, 2.24) is 35.0 Å². The van der Waals surface area contributed by atoms with Gasteiger partial charge in [0.25, 0.3) is 5.91 Å². The second kappa shape index (κ2) is 9.65. The van der Waals surface area contributed by atoms with Crippen LogP contribution in [-0.4, -0.2) is 54.9 Å². The number of aromatic nitrogens is 6. The van der Waals surface area contributed by atoms with E-state index in [0.717, 1.165) is 42.8 Å². The molecule has 5 rings (SSSR count). The van der Waals surface area contributed by atoms with Crippen molar-refractivity contribution in [1.29, 1.82) is 0 Å². The van der Waals surface area contributed by atoms with Gasteiger partial charge in [0.1, 0.15) is 17.7 Å². The van der Waals surface area contributed by atoms with Crippen LogP contribution in [0.3, 0.4) is 0 Å². The predicted molar refractivity (Wildman–Crippen MR) is 136 cm³/mol. The molecule has 0 atom stereocenters. The first-order chi connectivity index (χ1) is 17.3.